The molecule has 2 N–H and O–H groups in total. The lowest BCUT2D eigenvalue weighted by Crippen LogP contribution is -2.23. The summed E-state index contributed by atoms with van der Waals surface area (Å²) in [4.78, 5) is 23.1. The van der Waals surface area contributed by atoms with Gasteiger partial charge in [-0.05, 0) is 36.4 Å². The van der Waals surface area contributed by atoms with E-state index in [1.54, 1.807) is 12.4 Å². The number of benzene rings is 1. The first kappa shape index (κ1) is 19.2. The van der Waals surface area contributed by atoms with Crippen molar-refractivity contribution in [3.63, 3.8) is 0 Å². The van der Waals surface area contributed by atoms with Gasteiger partial charge >= 0.3 is 11.9 Å². The van der Waals surface area contributed by atoms with Crippen LogP contribution < -0.4 is 5.01 Å². The van der Waals surface area contributed by atoms with Gasteiger partial charge in [-0.3, -0.25) is 14.7 Å². The first-order chi connectivity index (χ1) is 12.4. The summed E-state index contributed by atoms with van der Waals surface area (Å²) in [7, 11) is 2.04. The van der Waals surface area contributed by atoms with Crippen molar-refractivity contribution in [2.75, 3.05) is 12.1 Å². The smallest absolute Gasteiger partial charge is 0.328 e. The molecule has 0 aliphatic rings. The van der Waals surface area contributed by atoms with Crippen molar-refractivity contribution in [3.8, 4) is 0 Å². The molecule has 1 aromatic carbocycles. The van der Waals surface area contributed by atoms with Crippen LogP contribution in [0.4, 0.5) is 5.69 Å². The zero-order valence-electron chi connectivity index (χ0n) is 13.8. The fraction of sp³-hybridized carbons (Fsp3) is 0.0556. The molecule has 0 saturated heterocycles. The molecular formula is C18H16BrN3O4. The second kappa shape index (κ2) is 8.82. The number of pyridine rings is 1. The number of rotatable bonds is 4. The van der Waals surface area contributed by atoms with Crippen LogP contribution >= 0.6 is 15.9 Å². The number of fused-ring (bicyclic) bond motifs is 1. The van der Waals surface area contributed by atoms with Gasteiger partial charge in [0.2, 0.25) is 0 Å². The van der Waals surface area contributed by atoms with Crippen molar-refractivity contribution in [1.29, 1.82) is 0 Å². The lowest BCUT2D eigenvalue weighted by molar-refractivity contribution is -0.134. The minimum absolute atomic E-state index is 0.558. The molecule has 3 rings (SSSR count). The third-order valence-electron chi connectivity index (χ3n) is 3.36. The molecule has 0 radical (unpaired) electrons. The minimum Gasteiger partial charge on any atom is -0.478 e. The van der Waals surface area contributed by atoms with Crippen molar-refractivity contribution in [2.45, 2.75) is 0 Å². The second-order valence-corrected chi connectivity index (χ2v) is 6.02. The Balaban J connectivity index is 0.000000260. The summed E-state index contributed by atoms with van der Waals surface area (Å²) < 4.78 is 3.22. The molecule has 3 aromatic rings. The van der Waals surface area contributed by atoms with Gasteiger partial charge in [0, 0.05) is 47.6 Å². The Hall–Kier alpha value is -3.13. The van der Waals surface area contributed by atoms with Crippen molar-refractivity contribution < 1.29 is 19.8 Å². The van der Waals surface area contributed by atoms with E-state index in [1.165, 1.54) is 10.9 Å². The molecule has 0 fully saturated rings. The zero-order chi connectivity index (χ0) is 19.1. The van der Waals surface area contributed by atoms with Gasteiger partial charge in [0.25, 0.3) is 0 Å². The number of carbonyl (C=O) groups is 2. The van der Waals surface area contributed by atoms with Gasteiger partial charge in [-0.15, -0.1) is 0 Å². The predicted octanol–water partition coefficient (Wildman–Crippen LogP) is 3.41. The summed E-state index contributed by atoms with van der Waals surface area (Å²) in [6.45, 7) is 0. The highest BCUT2D eigenvalue weighted by atomic mass is 79.9. The van der Waals surface area contributed by atoms with Crippen molar-refractivity contribution >= 4 is 44.5 Å². The normalized spacial score (nSPS) is 10.4. The monoisotopic (exact) mass is 417 g/mol. The Bertz CT molecular complexity index is 922. The van der Waals surface area contributed by atoms with Crippen LogP contribution in [0.3, 0.4) is 0 Å². The molecule has 0 saturated carbocycles. The molecule has 0 atom stereocenters. The zero-order valence-corrected chi connectivity index (χ0v) is 15.4. The standard InChI is InChI=1S/C14H12BrN3.C4H4O4/c1-17(13-4-7-16-8-5-13)18-9-6-11-10-12(15)2-3-14(11)18;5-3(6)1-2-4(7)8/h2-10H,1H3;1-2H,(H,5,6)(H,7,8)/b;2-1-. The summed E-state index contributed by atoms with van der Waals surface area (Å²) in [5.74, 6) is -2.51. The van der Waals surface area contributed by atoms with Crippen LogP contribution in [0.2, 0.25) is 0 Å². The van der Waals surface area contributed by atoms with Gasteiger partial charge in [-0.1, -0.05) is 15.9 Å². The van der Waals surface area contributed by atoms with Gasteiger partial charge in [0.05, 0.1) is 11.2 Å². The molecular weight excluding hydrogens is 402 g/mol. The van der Waals surface area contributed by atoms with E-state index in [0.29, 0.717) is 12.2 Å². The van der Waals surface area contributed by atoms with Crippen LogP contribution in [0.5, 0.6) is 0 Å². The lowest BCUT2D eigenvalue weighted by Gasteiger charge is -2.21. The second-order valence-electron chi connectivity index (χ2n) is 5.10. The third kappa shape index (κ3) is 5.18. The largest absolute Gasteiger partial charge is 0.478 e. The molecule has 0 bridgehead atoms. The number of aliphatic carboxylic acids is 2. The molecule has 8 heteroatoms. The topological polar surface area (TPSA) is 95.7 Å². The first-order valence-electron chi connectivity index (χ1n) is 7.43. The van der Waals surface area contributed by atoms with E-state index in [0.717, 1.165) is 10.2 Å². The maximum Gasteiger partial charge on any atom is 0.328 e. The molecule has 134 valence electrons. The molecule has 0 aliphatic heterocycles. The van der Waals surface area contributed by atoms with Gasteiger partial charge in [0.15, 0.2) is 0 Å². The Labute approximate surface area is 157 Å². The summed E-state index contributed by atoms with van der Waals surface area (Å²) in [6.07, 6.45) is 6.78. The van der Waals surface area contributed by atoms with Crippen LogP contribution in [0.25, 0.3) is 10.9 Å². The van der Waals surface area contributed by atoms with Crippen LogP contribution in [-0.4, -0.2) is 38.9 Å². The maximum atomic E-state index is 9.55. The molecule has 0 amide bonds. The Morgan fingerprint density at radius 1 is 1.08 bits per heavy atom. The Kier molecular flexibility index (Phi) is 6.51. The average molecular weight is 418 g/mol. The van der Waals surface area contributed by atoms with E-state index in [2.05, 4.69) is 61.1 Å². The van der Waals surface area contributed by atoms with Crippen molar-refractivity contribution in [2.24, 2.45) is 0 Å². The van der Waals surface area contributed by atoms with Crippen molar-refractivity contribution in [3.05, 3.63) is 71.6 Å². The minimum atomic E-state index is -1.26. The molecule has 0 spiro atoms. The van der Waals surface area contributed by atoms with Gasteiger partial charge in [0.1, 0.15) is 0 Å². The number of carboxylic acids is 2. The van der Waals surface area contributed by atoms with E-state index in [1.807, 2.05) is 19.2 Å². The number of hydrogen-bond acceptors (Lipinski definition) is 4. The lowest BCUT2D eigenvalue weighted by atomic mass is 10.2. The molecule has 26 heavy (non-hydrogen) atoms. The molecule has 0 aliphatic carbocycles. The summed E-state index contributed by atoms with van der Waals surface area (Å²) in [6, 6.07) is 12.4. The van der Waals surface area contributed by atoms with Gasteiger partial charge in [-0.25, -0.2) is 9.59 Å². The number of nitrogens with zero attached hydrogens (tertiary/aromatic N) is 3. The highest BCUT2D eigenvalue weighted by Crippen LogP contribution is 2.23. The van der Waals surface area contributed by atoms with E-state index >= 15 is 0 Å². The van der Waals surface area contributed by atoms with Crippen LogP contribution in [0.1, 0.15) is 0 Å². The fourth-order valence-electron chi connectivity index (χ4n) is 2.19. The van der Waals surface area contributed by atoms with Crippen molar-refractivity contribution in [1.82, 2.24) is 9.66 Å². The van der Waals surface area contributed by atoms with E-state index < -0.39 is 11.9 Å². The third-order valence-corrected chi connectivity index (χ3v) is 3.85. The maximum absolute atomic E-state index is 9.55. The fourth-order valence-corrected chi connectivity index (χ4v) is 2.57. The number of carboxylic acid groups (broad SMARTS) is 2. The number of hydrogen-bond donors (Lipinski definition) is 2. The predicted molar refractivity (Wildman–Crippen MR) is 102 cm³/mol. The quantitative estimate of drug-likeness (QED) is 0.631. The Morgan fingerprint density at radius 3 is 2.27 bits per heavy atom. The van der Waals surface area contributed by atoms with Gasteiger partial charge < -0.3 is 10.2 Å². The van der Waals surface area contributed by atoms with Crippen LogP contribution in [0, 0.1) is 0 Å². The highest BCUT2D eigenvalue weighted by molar-refractivity contribution is 9.10. The van der Waals surface area contributed by atoms with Gasteiger partial charge in [-0.2, -0.15) is 0 Å². The van der Waals surface area contributed by atoms with E-state index in [9.17, 15) is 9.59 Å². The first-order valence-corrected chi connectivity index (χ1v) is 8.22. The highest BCUT2D eigenvalue weighted by Gasteiger charge is 2.06. The molecule has 7 nitrogen and oxygen atoms in total. The number of aromatic nitrogens is 2. The van der Waals surface area contributed by atoms with Crippen LogP contribution in [0.15, 0.2) is 71.6 Å². The molecule has 2 heterocycles. The molecule has 0 unspecified atom stereocenters. The van der Waals surface area contributed by atoms with E-state index in [4.69, 9.17) is 10.2 Å². The summed E-state index contributed by atoms with van der Waals surface area (Å²) in [5.41, 5.74) is 2.28. The average Bonchev–Trinajstić information content (AvgIpc) is 3.03. The number of halogens is 1. The summed E-state index contributed by atoms with van der Waals surface area (Å²) >= 11 is 3.49. The molecule has 2 aromatic heterocycles. The van der Waals surface area contributed by atoms with Crippen LogP contribution in [-0.2, 0) is 9.59 Å². The number of anilines is 1. The summed E-state index contributed by atoms with van der Waals surface area (Å²) in [5, 5.41) is 18.9. The SMILES string of the molecule is CN(c1ccncc1)n1ccc2cc(Br)ccc21.O=C(O)/C=C\C(=O)O. The van der Waals surface area contributed by atoms with E-state index in [-0.39, 0.29) is 0 Å². The Morgan fingerprint density at radius 2 is 1.69 bits per heavy atom.